The van der Waals surface area contributed by atoms with Crippen LogP contribution in [0.4, 0.5) is 0 Å². The van der Waals surface area contributed by atoms with Gasteiger partial charge in [0.05, 0.1) is 10.6 Å². The Morgan fingerprint density at radius 2 is 2.28 bits per heavy atom. The van der Waals surface area contributed by atoms with E-state index in [0.29, 0.717) is 22.9 Å². The van der Waals surface area contributed by atoms with Gasteiger partial charge in [-0.15, -0.1) is 11.3 Å². The molecule has 6 heteroatoms. The van der Waals surface area contributed by atoms with Crippen LogP contribution in [0.25, 0.3) is 0 Å². The molecule has 0 fully saturated rings. The molecule has 1 aromatic heterocycles. The number of rotatable bonds is 4. The summed E-state index contributed by atoms with van der Waals surface area (Å²) in [7, 11) is 0. The van der Waals surface area contributed by atoms with Crippen molar-refractivity contribution in [1.82, 2.24) is 0 Å². The van der Waals surface area contributed by atoms with Crippen molar-refractivity contribution in [1.29, 1.82) is 0 Å². The molecule has 1 aromatic carbocycles. The lowest BCUT2D eigenvalue weighted by Crippen LogP contribution is -2.12. The number of hydrogen-bond acceptors (Lipinski definition) is 3. The number of ether oxygens (including phenoxy) is 1. The summed E-state index contributed by atoms with van der Waals surface area (Å²) in [6.07, 6.45) is 0. The van der Waals surface area contributed by atoms with Gasteiger partial charge in [0.15, 0.2) is 0 Å². The number of hydrogen-bond donors (Lipinski definition) is 1. The van der Waals surface area contributed by atoms with E-state index in [1.54, 1.807) is 17.4 Å². The van der Waals surface area contributed by atoms with Crippen molar-refractivity contribution in [3.63, 3.8) is 0 Å². The van der Waals surface area contributed by atoms with E-state index in [0.717, 1.165) is 9.35 Å². The molecule has 2 aromatic rings. The van der Waals surface area contributed by atoms with E-state index >= 15 is 0 Å². The Hall–Kier alpha value is -0.620. The Morgan fingerprint density at radius 3 is 2.89 bits per heavy atom. The molecular weight excluding hydrogens is 354 g/mol. The van der Waals surface area contributed by atoms with Crippen molar-refractivity contribution in [3.05, 3.63) is 49.6 Å². The molecule has 2 nitrogen and oxygen atoms in total. The monoisotopic (exact) mass is 361 g/mol. The van der Waals surface area contributed by atoms with Crippen LogP contribution in [-0.4, -0.2) is 4.99 Å². The first kappa shape index (κ1) is 13.8. The van der Waals surface area contributed by atoms with Gasteiger partial charge in [-0.05, 0) is 34.1 Å². The van der Waals surface area contributed by atoms with E-state index in [4.69, 9.17) is 34.3 Å². The van der Waals surface area contributed by atoms with Gasteiger partial charge in [-0.3, -0.25) is 0 Å². The fourth-order valence-corrected chi connectivity index (χ4v) is 3.34. The summed E-state index contributed by atoms with van der Waals surface area (Å²) in [5, 5.41) is 2.51. The first-order valence-electron chi connectivity index (χ1n) is 5.02. The molecule has 2 rings (SSSR count). The Balaban J connectivity index is 2.19. The van der Waals surface area contributed by atoms with Gasteiger partial charge >= 0.3 is 0 Å². The normalized spacial score (nSPS) is 10.3. The maximum absolute atomic E-state index is 6.06. The summed E-state index contributed by atoms with van der Waals surface area (Å²) in [6, 6.07) is 7.37. The van der Waals surface area contributed by atoms with Crippen molar-refractivity contribution in [2.45, 2.75) is 6.61 Å². The second-order valence-corrected chi connectivity index (χ2v) is 6.26. The van der Waals surface area contributed by atoms with Crippen molar-refractivity contribution >= 4 is 56.1 Å². The molecule has 0 aliphatic carbocycles. The summed E-state index contributed by atoms with van der Waals surface area (Å²) < 4.78 is 6.76. The Bertz CT molecular complexity index is 585. The van der Waals surface area contributed by atoms with Gasteiger partial charge in [0, 0.05) is 14.7 Å². The molecule has 18 heavy (non-hydrogen) atoms. The maximum Gasteiger partial charge on any atom is 0.131 e. The molecule has 0 radical (unpaired) electrons. The lowest BCUT2D eigenvalue weighted by atomic mass is 10.2. The van der Waals surface area contributed by atoms with Gasteiger partial charge in [0.1, 0.15) is 17.3 Å². The minimum absolute atomic E-state index is 0.239. The highest BCUT2D eigenvalue weighted by atomic mass is 79.9. The van der Waals surface area contributed by atoms with Crippen molar-refractivity contribution in [3.8, 4) is 5.75 Å². The first-order chi connectivity index (χ1) is 8.58. The third-order valence-electron chi connectivity index (χ3n) is 2.21. The van der Waals surface area contributed by atoms with Crippen molar-refractivity contribution < 1.29 is 4.74 Å². The summed E-state index contributed by atoms with van der Waals surface area (Å²) in [5.74, 6) is 0.611. The zero-order valence-electron chi connectivity index (χ0n) is 9.15. The van der Waals surface area contributed by atoms with Crippen LogP contribution >= 0.6 is 51.1 Å². The first-order valence-corrected chi connectivity index (χ1v) is 7.48. The van der Waals surface area contributed by atoms with Crippen LogP contribution in [0.1, 0.15) is 10.4 Å². The van der Waals surface area contributed by atoms with Crippen LogP contribution in [-0.2, 0) is 6.61 Å². The average Bonchev–Trinajstić information content (AvgIpc) is 2.72. The van der Waals surface area contributed by atoms with Crippen LogP contribution in [0.3, 0.4) is 0 Å². The maximum atomic E-state index is 6.06. The fraction of sp³-hybridized carbons (Fsp3) is 0.0833. The van der Waals surface area contributed by atoms with Crippen LogP contribution < -0.4 is 10.5 Å². The Morgan fingerprint density at radius 1 is 1.50 bits per heavy atom. The lowest BCUT2D eigenvalue weighted by Gasteiger charge is -2.11. The van der Waals surface area contributed by atoms with E-state index in [1.165, 1.54) is 0 Å². The largest absolute Gasteiger partial charge is 0.487 e. The number of thiocarbonyl (C=S) groups is 1. The summed E-state index contributed by atoms with van der Waals surface area (Å²) in [5.41, 5.74) is 6.24. The Kier molecular flexibility index (Phi) is 4.61. The molecule has 94 valence electrons. The Labute approximate surface area is 128 Å². The molecule has 2 N–H and O–H groups in total. The van der Waals surface area contributed by atoms with Gasteiger partial charge < -0.3 is 10.5 Å². The number of halogens is 2. The highest BCUT2D eigenvalue weighted by molar-refractivity contribution is 9.10. The van der Waals surface area contributed by atoms with Crippen LogP contribution in [0.5, 0.6) is 5.75 Å². The summed E-state index contributed by atoms with van der Waals surface area (Å²) in [4.78, 5) is 1.35. The molecule has 0 bridgehead atoms. The second-order valence-electron chi connectivity index (χ2n) is 3.50. The molecule has 0 saturated carbocycles. The smallest absolute Gasteiger partial charge is 0.131 e. The number of nitrogens with two attached hydrogens (primary N) is 1. The van der Waals surface area contributed by atoms with E-state index in [9.17, 15) is 0 Å². The quantitative estimate of drug-likeness (QED) is 0.820. The summed E-state index contributed by atoms with van der Waals surface area (Å²) in [6.45, 7) is 0.465. The van der Waals surface area contributed by atoms with Gasteiger partial charge in [-0.2, -0.15) is 0 Å². The number of thiophene rings is 1. The zero-order valence-corrected chi connectivity index (χ0v) is 13.1. The van der Waals surface area contributed by atoms with E-state index in [1.807, 2.05) is 23.6 Å². The molecule has 0 amide bonds. The van der Waals surface area contributed by atoms with Gasteiger partial charge in [-0.25, -0.2) is 0 Å². The molecular formula is C12H9BrClNOS2. The molecule has 0 saturated heterocycles. The van der Waals surface area contributed by atoms with E-state index in [-0.39, 0.29) is 4.99 Å². The van der Waals surface area contributed by atoms with Crippen molar-refractivity contribution in [2.75, 3.05) is 0 Å². The van der Waals surface area contributed by atoms with Gasteiger partial charge in [0.25, 0.3) is 0 Å². The SMILES string of the molecule is NC(=S)c1c(Cl)cccc1OCc1cc(Br)cs1. The molecule has 0 aliphatic heterocycles. The topological polar surface area (TPSA) is 35.2 Å². The molecule has 1 heterocycles. The van der Waals surface area contributed by atoms with E-state index in [2.05, 4.69) is 15.9 Å². The fourth-order valence-electron chi connectivity index (χ4n) is 1.44. The number of benzene rings is 1. The highest BCUT2D eigenvalue weighted by Crippen LogP contribution is 2.28. The third-order valence-corrected chi connectivity index (χ3v) is 4.40. The molecule has 0 spiro atoms. The second kappa shape index (κ2) is 6.02. The minimum Gasteiger partial charge on any atom is -0.487 e. The predicted octanol–water partition coefficient (Wildman–Crippen LogP) is 4.38. The third kappa shape index (κ3) is 3.23. The van der Waals surface area contributed by atoms with Crippen molar-refractivity contribution in [2.24, 2.45) is 5.73 Å². The molecule has 0 unspecified atom stereocenters. The average molecular weight is 363 g/mol. The van der Waals surface area contributed by atoms with Crippen LogP contribution in [0, 0.1) is 0 Å². The highest BCUT2D eigenvalue weighted by Gasteiger charge is 2.11. The molecule has 0 aliphatic rings. The zero-order chi connectivity index (χ0) is 13.1. The predicted molar refractivity (Wildman–Crippen MR) is 83.7 cm³/mol. The van der Waals surface area contributed by atoms with Crippen LogP contribution in [0.15, 0.2) is 34.1 Å². The van der Waals surface area contributed by atoms with Crippen LogP contribution in [0.2, 0.25) is 5.02 Å². The van der Waals surface area contributed by atoms with Gasteiger partial charge in [0.2, 0.25) is 0 Å². The lowest BCUT2D eigenvalue weighted by molar-refractivity contribution is 0.309. The minimum atomic E-state index is 0.239. The van der Waals surface area contributed by atoms with E-state index < -0.39 is 0 Å². The van der Waals surface area contributed by atoms with Gasteiger partial charge in [-0.1, -0.05) is 29.9 Å². The molecule has 0 atom stereocenters. The standard InChI is InChI=1S/C12H9BrClNOS2/c13-7-4-8(18-6-7)5-16-10-3-1-2-9(14)11(10)12(15)17/h1-4,6H,5H2,(H2,15,17). The summed E-state index contributed by atoms with van der Waals surface area (Å²) >= 11 is 16.1.